The Bertz CT molecular complexity index is 484. The Hall–Kier alpha value is -1.42. The molecule has 3 nitrogen and oxygen atoms in total. The van der Waals surface area contributed by atoms with E-state index >= 15 is 0 Å². The van der Waals surface area contributed by atoms with Gasteiger partial charge in [-0.15, -0.1) is 0 Å². The summed E-state index contributed by atoms with van der Waals surface area (Å²) in [5.74, 6) is 0.329. The average Bonchev–Trinajstić information content (AvgIpc) is 3.00. The maximum atomic E-state index is 13.1. The molecule has 0 unspecified atom stereocenters. The molecule has 0 radical (unpaired) electrons. The number of hydrogen-bond acceptors (Lipinski definition) is 2. The molecule has 1 saturated heterocycles. The van der Waals surface area contributed by atoms with Crippen LogP contribution in [0.4, 0.5) is 4.39 Å². The van der Waals surface area contributed by atoms with Gasteiger partial charge in [-0.25, -0.2) is 4.39 Å². The minimum absolute atomic E-state index is 0.106. The van der Waals surface area contributed by atoms with Gasteiger partial charge in [-0.2, -0.15) is 0 Å². The fourth-order valence-electron chi connectivity index (χ4n) is 2.98. The lowest BCUT2D eigenvalue weighted by Gasteiger charge is -2.26. The van der Waals surface area contributed by atoms with Crippen molar-refractivity contribution >= 4 is 5.91 Å². The van der Waals surface area contributed by atoms with Crippen molar-refractivity contribution in [2.45, 2.75) is 45.6 Å². The Morgan fingerprint density at radius 3 is 2.68 bits per heavy atom. The molecule has 1 aromatic rings. The zero-order chi connectivity index (χ0) is 15.9. The largest absolute Gasteiger partial charge is 0.341 e. The second-order valence-corrected chi connectivity index (χ2v) is 6.44. The summed E-state index contributed by atoms with van der Waals surface area (Å²) in [5.41, 5.74) is 1.01. The third-order valence-corrected chi connectivity index (χ3v) is 4.25. The van der Waals surface area contributed by atoms with Crippen LogP contribution in [-0.2, 0) is 11.2 Å². The number of carbonyl (C=O) groups is 1. The van der Waals surface area contributed by atoms with E-state index < -0.39 is 0 Å². The number of nitrogens with zero attached hydrogens (tertiary/aromatic N) is 1. The highest BCUT2D eigenvalue weighted by Crippen LogP contribution is 2.13. The van der Waals surface area contributed by atoms with Gasteiger partial charge in [0.1, 0.15) is 5.82 Å². The van der Waals surface area contributed by atoms with Crippen molar-refractivity contribution in [3.63, 3.8) is 0 Å². The number of nitrogens with one attached hydrogen (secondary N) is 1. The Kier molecular flexibility index (Phi) is 6.37. The van der Waals surface area contributed by atoms with E-state index in [2.05, 4.69) is 19.2 Å². The summed E-state index contributed by atoms with van der Waals surface area (Å²) < 4.78 is 13.1. The molecular formula is C18H27FN2O. The first-order valence-corrected chi connectivity index (χ1v) is 8.34. The molecule has 1 N–H and O–H groups in total. The quantitative estimate of drug-likeness (QED) is 0.786. The van der Waals surface area contributed by atoms with Crippen LogP contribution in [0.1, 0.15) is 38.7 Å². The molecule has 0 bridgehead atoms. The number of amides is 1. The third-order valence-electron chi connectivity index (χ3n) is 4.25. The van der Waals surface area contributed by atoms with Crippen LogP contribution in [0.3, 0.4) is 0 Å². The van der Waals surface area contributed by atoms with Crippen molar-refractivity contribution in [2.24, 2.45) is 5.92 Å². The molecular weight excluding hydrogens is 279 g/mol. The van der Waals surface area contributed by atoms with Crippen LogP contribution in [0.5, 0.6) is 0 Å². The number of benzene rings is 1. The zero-order valence-electron chi connectivity index (χ0n) is 13.6. The van der Waals surface area contributed by atoms with Gasteiger partial charge in [0.15, 0.2) is 0 Å². The number of rotatable bonds is 7. The Balaban J connectivity index is 1.78. The number of carbonyl (C=O) groups excluding carboxylic acids is 1. The van der Waals surface area contributed by atoms with Crippen molar-refractivity contribution in [1.82, 2.24) is 10.2 Å². The molecule has 0 saturated carbocycles. The first-order chi connectivity index (χ1) is 10.6. The Morgan fingerprint density at radius 1 is 1.32 bits per heavy atom. The summed E-state index contributed by atoms with van der Waals surface area (Å²) in [4.78, 5) is 14.5. The maximum absolute atomic E-state index is 13.1. The lowest BCUT2D eigenvalue weighted by molar-refractivity contribution is -0.133. The summed E-state index contributed by atoms with van der Waals surface area (Å²) in [6.07, 6.45) is 3.97. The van der Waals surface area contributed by atoms with Crippen LogP contribution in [0.15, 0.2) is 24.3 Å². The maximum Gasteiger partial charge on any atom is 0.239 e. The van der Waals surface area contributed by atoms with Gasteiger partial charge in [0.2, 0.25) is 5.91 Å². The normalized spacial score (nSPS) is 16.3. The average molecular weight is 306 g/mol. The standard InChI is InChI=1S/C18H27FN2O/c1-14(2)17(18(22)21-11-3-4-12-21)20-10-6-8-15-7-5-9-16(19)13-15/h5,7,9,13-14,17,20H,3-4,6,8,10-12H2,1-2H3/t17-/m0/s1. The van der Waals surface area contributed by atoms with Gasteiger partial charge in [0.05, 0.1) is 6.04 Å². The summed E-state index contributed by atoms with van der Waals surface area (Å²) in [7, 11) is 0. The molecule has 1 atom stereocenters. The highest BCUT2D eigenvalue weighted by Gasteiger charge is 2.27. The SMILES string of the molecule is CC(C)[C@H](NCCCc1cccc(F)c1)C(=O)N1CCCC1. The second kappa shape index (κ2) is 8.28. The Morgan fingerprint density at radius 2 is 2.05 bits per heavy atom. The van der Waals surface area contributed by atoms with Gasteiger partial charge < -0.3 is 10.2 Å². The number of hydrogen-bond donors (Lipinski definition) is 1. The zero-order valence-corrected chi connectivity index (χ0v) is 13.6. The highest BCUT2D eigenvalue weighted by atomic mass is 19.1. The van der Waals surface area contributed by atoms with E-state index in [0.717, 1.165) is 50.9 Å². The molecule has 1 heterocycles. The van der Waals surface area contributed by atoms with E-state index in [4.69, 9.17) is 0 Å². The van der Waals surface area contributed by atoms with Crippen molar-refractivity contribution in [3.05, 3.63) is 35.6 Å². The first kappa shape index (κ1) is 16.9. The van der Waals surface area contributed by atoms with Crippen molar-refractivity contribution in [3.8, 4) is 0 Å². The van der Waals surface area contributed by atoms with Gasteiger partial charge in [-0.3, -0.25) is 4.79 Å². The van der Waals surface area contributed by atoms with E-state index in [9.17, 15) is 9.18 Å². The van der Waals surface area contributed by atoms with Crippen LogP contribution in [-0.4, -0.2) is 36.5 Å². The molecule has 0 spiro atoms. The summed E-state index contributed by atoms with van der Waals surface area (Å²) >= 11 is 0. The van der Waals surface area contributed by atoms with Crippen LogP contribution < -0.4 is 5.32 Å². The van der Waals surface area contributed by atoms with Crippen LogP contribution in [0.25, 0.3) is 0 Å². The lowest BCUT2D eigenvalue weighted by atomic mass is 10.0. The minimum atomic E-state index is -0.185. The summed E-state index contributed by atoms with van der Waals surface area (Å²) in [5, 5.41) is 3.40. The topological polar surface area (TPSA) is 32.3 Å². The molecule has 1 aliphatic rings. The molecule has 1 aromatic carbocycles. The fourth-order valence-corrected chi connectivity index (χ4v) is 2.98. The summed E-state index contributed by atoms with van der Waals surface area (Å²) in [6.45, 7) is 6.73. The van der Waals surface area contributed by atoms with Gasteiger partial charge in [-0.1, -0.05) is 26.0 Å². The smallest absolute Gasteiger partial charge is 0.239 e. The third kappa shape index (κ3) is 4.80. The predicted molar refractivity (Wildman–Crippen MR) is 87.2 cm³/mol. The van der Waals surface area contributed by atoms with Crippen LogP contribution >= 0.6 is 0 Å². The molecule has 0 aromatic heterocycles. The first-order valence-electron chi connectivity index (χ1n) is 8.34. The van der Waals surface area contributed by atoms with E-state index in [1.165, 1.54) is 6.07 Å². The van der Waals surface area contributed by atoms with Crippen LogP contribution in [0.2, 0.25) is 0 Å². The number of likely N-dealkylation sites (tertiary alicyclic amines) is 1. The monoisotopic (exact) mass is 306 g/mol. The molecule has 4 heteroatoms. The van der Waals surface area contributed by atoms with Gasteiger partial charge in [0, 0.05) is 13.1 Å². The van der Waals surface area contributed by atoms with Gasteiger partial charge in [-0.05, 0) is 55.8 Å². The van der Waals surface area contributed by atoms with Crippen molar-refractivity contribution in [2.75, 3.05) is 19.6 Å². The fraction of sp³-hybridized carbons (Fsp3) is 0.611. The second-order valence-electron chi connectivity index (χ2n) is 6.44. The Labute approximate surface area is 132 Å². The molecule has 2 rings (SSSR count). The lowest BCUT2D eigenvalue weighted by Crippen LogP contribution is -2.48. The molecule has 1 amide bonds. The predicted octanol–water partition coefficient (Wildman–Crippen LogP) is 2.99. The minimum Gasteiger partial charge on any atom is -0.341 e. The van der Waals surface area contributed by atoms with E-state index in [0.29, 0.717) is 0 Å². The van der Waals surface area contributed by atoms with Crippen molar-refractivity contribution in [1.29, 1.82) is 0 Å². The van der Waals surface area contributed by atoms with E-state index in [-0.39, 0.29) is 23.7 Å². The summed E-state index contributed by atoms with van der Waals surface area (Å²) in [6, 6.07) is 6.62. The van der Waals surface area contributed by atoms with Gasteiger partial charge in [0.25, 0.3) is 0 Å². The molecule has 1 fully saturated rings. The van der Waals surface area contributed by atoms with Crippen molar-refractivity contribution < 1.29 is 9.18 Å². The van der Waals surface area contributed by atoms with E-state index in [1.807, 2.05) is 11.0 Å². The molecule has 122 valence electrons. The molecule has 1 aliphatic heterocycles. The molecule has 0 aliphatic carbocycles. The van der Waals surface area contributed by atoms with E-state index in [1.54, 1.807) is 12.1 Å². The molecule has 22 heavy (non-hydrogen) atoms. The number of aryl methyl sites for hydroxylation is 1. The number of halogens is 1. The van der Waals surface area contributed by atoms with Gasteiger partial charge >= 0.3 is 0 Å². The highest BCUT2D eigenvalue weighted by molar-refractivity contribution is 5.82. The van der Waals surface area contributed by atoms with Crippen LogP contribution in [0, 0.1) is 11.7 Å².